The molecular weight excluding hydrogens is 404 g/mol. The summed E-state index contributed by atoms with van der Waals surface area (Å²) in [5.41, 5.74) is 4.05. The molecule has 0 aliphatic heterocycles. The molecule has 0 saturated heterocycles. The number of nitrogens with one attached hydrogen (secondary N) is 1. The van der Waals surface area contributed by atoms with E-state index in [4.69, 9.17) is 4.74 Å². The number of aryl methyl sites for hydroxylation is 3. The van der Waals surface area contributed by atoms with Crippen LogP contribution in [0.1, 0.15) is 23.1 Å². The maximum Gasteiger partial charge on any atom is 0.261 e. The molecule has 32 heavy (non-hydrogen) atoms. The predicted octanol–water partition coefficient (Wildman–Crippen LogP) is 4.54. The van der Waals surface area contributed by atoms with Gasteiger partial charge < -0.3 is 10.1 Å². The standard InChI is InChI=1S/C25H24N4O3/c1-16-7-5-11-21(18(16)3)32-24-20(10-6-13-26-24)28-22(30)12-14-29-15-27-23-17(2)8-4-9-19(23)25(29)31/h4-11,13,15H,12,14H2,1-3H3,(H,28,30). The second-order valence-corrected chi connectivity index (χ2v) is 7.67. The van der Waals surface area contributed by atoms with Crippen molar-refractivity contribution in [1.82, 2.24) is 14.5 Å². The van der Waals surface area contributed by atoms with Gasteiger partial charge in [-0.05, 0) is 61.7 Å². The molecule has 0 atom stereocenters. The molecule has 0 unspecified atom stereocenters. The van der Waals surface area contributed by atoms with E-state index in [1.54, 1.807) is 24.4 Å². The number of rotatable bonds is 6. The monoisotopic (exact) mass is 428 g/mol. The summed E-state index contributed by atoms with van der Waals surface area (Å²) in [4.78, 5) is 34.0. The smallest absolute Gasteiger partial charge is 0.261 e. The van der Waals surface area contributed by atoms with Gasteiger partial charge in [0, 0.05) is 19.2 Å². The number of fused-ring (bicyclic) bond motifs is 1. The van der Waals surface area contributed by atoms with E-state index in [1.807, 2.05) is 51.1 Å². The molecule has 0 saturated carbocycles. The summed E-state index contributed by atoms with van der Waals surface area (Å²) in [6.07, 6.45) is 3.21. The summed E-state index contributed by atoms with van der Waals surface area (Å²) in [5, 5.41) is 3.38. The van der Waals surface area contributed by atoms with Crippen molar-refractivity contribution in [2.24, 2.45) is 0 Å². The second kappa shape index (κ2) is 9.01. The largest absolute Gasteiger partial charge is 0.437 e. The normalized spacial score (nSPS) is 10.8. The lowest BCUT2D eigenvalue weighted by Crippen LogP contribution is -2.24. The van der Waals surface area contributed by atoms with E-state index in [2.05, 4.69) is 15.3 Å². The fraction of sp³-hybridized carbons (Fsp3) is 0.200. The van der Waals surface area contributed by atoms with Gasteiger partial charge in [0.05, 0.1) is 17.2 Å². The van der Waals surface area contributed by atoms with Gasteiger partial charge in [-0.15, -0.1) is 0 Å². The molecule has 2 heterocycles. The average molecular weight is 428 g/mol. The van der Waals surface area contributed by atoms with E-state index in [1.165, 1.54) is 10.9 Å². The van der Waals surface area contributed by atoms with Gasteiger partial charge in [-0.1, -0.05) is 24.3 Å². The third kappa shape index (κ3) is 4.37. The van der Waals surface area contributed by atoms with Gasteiger partial charge in [0.2, 0.25) is 11.8 Å². The molecule has 7 heteroatoms. The van der Waals surface area contributed by atoms with Crippen molar-refractivity contribution in [3.63, 3.8) is 0 Å². The first-order valence-corrected chi connectivity index (χ1v) is 10.4. The van der Waals surface area contributed by atoms with Gasteiger partial charge in [0.25, 0.3) is 5.56 Å². The van der Waals surface area contributed by atoms with Crippen LogP contribution in [-0.2, 0) is 11.3 Å². The number of benzene rings is 2. The third-order valence-corrected chi connectivity index (χ3v) is 5.44. The molecule has 162 valence electrons. The van der Waals surface area contributed by atoms with Crippen LogP contribution in [0.2, 0.25) is 0 Å². The quantitative estimate of drug-likeness (QED) is 0.487. The number of pyridine rings is 1. The van der Waals surface area contributed by atoms with Gasteiger partial charge in [-0.2, -0.15) is 0 Å². The predicted molar refractivity (Wildman–Crippen MR) is 124 cm³/mol. The lowest BCUT2D eigenvalue weighted by atomic mass is 10.1. The minimum Gasteiger partial charge on any atom is -0.437 e. The van der Waals surface area contributed by atoms with Crippen LogP contribution in [0, 0.1) is 20.8 Å². The molecule has 7 nitrogen and oxygen atoms in total. The number of hydrogen-bond donors (Lipinski definition) is 1. The van der Waals surface area contributed by atoms with Gasteiger partial charge in [-0.25, -0.2) is 9.97 Å². The fourth-order valence-electron chi connectivity index (χ4n) is 3.44. The van der Waals surface area contributed by atoms with Gasteiger partial charge in [-0.3, -0.25) is 14.2 Å². The SMILES string of the molecule is Cc1cccc(Oc2ncccc2NC(=O)CCn2cnc3c(C)cccc3c2=O)c1C. The first-order chi connectivity index (χ1) is 15.4. The van der Waals surface area contributed by atoms with E-state index >= 15 is 0 Å². The lowest BCUT2D eigenvalue weighted by Gasteiger charge is -2.13. The van der Waals surface area contributed by atoms with E-state index in [9.17, 15) is 9.59 Å². The maximum atomic E-state index is 12.7. The van der Waals surface area contributed by atoms with Crippen molar-refractivity contribution in [3.8, 4) is 11.6 Å². The first kappa shape index (κ1) is 21.2. The van der Waals surface area contributed by atoms with Crippen molar-refractivity contribution in [2.75, 3.05) is 5.32 Å². The van der Waals surface area contributed by atoms with Crippen molar-refractivity contribution >= 4 is 22.5 Å². The number of carbonyl (C=O) groups is 1. The zero-order valence-electron chi connectivity index (χ0n) is 18.3. The molecule has 0 aliphatic rings. The summed E-state index contributed by atoms with van der Waals surface area (Å²) in [6, 6.07) is 14.7. The van der Waals surface area contributed by atoms with Crippen LogP contribution in [0.15, 0.2) is 65.8 Å². The summed E-state index contributed by atoms with van der Waals surface area (Å²) in [6.45, 7) is 6.12. The molecule has 0 bridgehead atoms. The Kier molecular flexibility index (Phi) is 5.98. The Hall–Kier alpha value is -4.00. The lowest BCUT2D eigenvalue weighted by molar-refractivity contribution is -0.116. The Morgan fingerprint density at radius 1 is 1.00 bits per heavy atom. The van der Waals surface area contributed by atoms with Crippen LogP contribution in [-0.4, -0.2) is 20.4 Å². The maximum absolute atomic E-state index is 12.7. The van der Waals surface area contributed by atoms with E-state index in [0.717, 1.165) is 16.7 Å². The van der Waals surface area contributed by atoms with E-state index in [-0.39, 0.29) is 24.4 Å². The number of anilines is 1. The fourth-order valence-corrected chi connectivity index (χ4v) is 3.44. The molecule has 0 spiro atoms. The minimum atomic E-state index is -0.250. The number of carbonyl (C=O) groups excluding carboxylic acids is 1. The highest BCUT2D eigenvalue weighted by Gasteiger charge is 2.13. The Morgan fingerprint density at radius 2 is 1.78 bits per heavy atom. The summed E-state index contributed by atoms with van der Waals surface area (Å²) in [5.74, 6) is 0.748. The second-order valence-electron chi connectivity index (χ2n) is 7.67. The molecule has 0 fully saturated rings. The average Bonchev–Trinajstić information content (AvgIpc) is 2.78. The van der Waals surface area contributed by atoms with Gasteiger partial charge in [0.1, 0.15) is 11.4 Å². The van der Waals surface area contributed by atoms with Crippen molar-refractivity contribution in [2.45, 2.75) is 33.7 Å². The minimum absolute atomic E-state index is 0.108. The Labute approximate surface area is 185 Å². The molecule has 0 aliphatic carbocycles. The van der Waals surface area contributed by atoms with Crippen LogP contribution in [0.4, 0.5) is 5.69 Å². The highest BCUT2D eigenvalue weighted by Crippen LogP contribution is 2.30. The zero-order chi connectivity index (χ0) is 22.7. The van der Waals surface area contributed by atoms with Crippen molar-refractivity contribution in [3.05, 3.63) is 88.1 Å². The molecule has 2 aromatic heterocycles. The Morgan fingerprint density at radius 3 is 2.62 bits per heavy atom. The van der Waals surface area contributed by atoms with E-state index in [0.29, 0.717) is 28.2 Å². The van der Waals surface area contributed by atoms with E-state index < -0.39 is 0 Å². The Bertz CT molecular complexity index is 1360. The molecule has 1 N–H and O–H groups in total. The number of para-hydroxylation sites is 1. The number of hydrogen-bond acceptors (Lipinski definition) is 5. The molecule has 2 aromatic carbocycles. The van der Waals surface area contributed by atoms with Crippen molar-refractivity contribution in [1.29, 1.82) is 0 Å². The zero-order valence-corrected chi connectivity index (χ0v) is 18.3. The number of nitrogens with zero attached hydrogens (tertiary/aromatic N) is 3. The summed E-state index contributed by atoms with van der Waals surface area (Å²) < 4.78 is 7.43. The summed E-state index contributed by atoms with van der Waals surface area (Å²) >= 11 is 0. The first-order valence-electron chi connectivity index (χ1n) is 10.4. The number of aromatic nitrogens is 3. The van der Waals surface area contributed by atoms with Crippen molar-refractivity contribution < 1.29 is 9.53 Å². The highest BCUT2D eigenvalue weighted by atomic mass is 16.5. The van der Waals surface area contributed by atoms with Crippen LogP contribution < -0.4 is 15.6 Å². The molecular formula is C25H24N4O3. The van der Waals surface area contributed by atoms with Crippen LogP contribution in [0.5, 0.6) is 11.6 Å². The molecule has 4 aromatic rings. The molecule has 0 radical (unpaired) electrons. The third-order valence-electron chi connectivity index (χ3n) is 5.44. The molecule has 4 rings (SSSR count). The Balaban J connectivity index is 1.47. The highest BCUT2D eigenvalue weighted by molar-refractivity contribution is 5.92. The summed E-state index contributed by atoms with van der Waals surface area (Å²) in [7, 11) is 0. The number of amides is 1. The number of ether oxygens (including phenoxy) is 1. The topological polar surface area (TPSA) is 86.1 Å². The van der Waals surface area contributed by atoms with Crippen LogP contribution in [0.25, 0.3) is 10.9 Å². The van der Waals surface area contributed by atoms with Crippen LogP contribution >= 0.6 is 0 Å². The van der Waals surface area contributed by atoms with Gasteiger partial charge in [0.15, 0.2) is 0 Å². The van der Waals surface area contributed by atoms with Crippen LogP contribution in [0.3, 0.4) is 0 Å². The van der Waals surface area contributed by atoms with Gasteiger partial charge >= 0.3 is 0 Å². The molecule has 1 amide bonds.